The van der Waals surface area contributed by atoms with Gasteiger partial charge >= 0.3 is 0 Å². The summed E-state index contributed by atoms with van der Waals surface area (Å²) >= 11 is 5.56. The number of nitrogens with one attached hydrogen (secondary N) is 1. The molecule has 0 aliphatic heterocycles. The van der Waals surface area contributed by atoms with E-state index in [9.17, 15) is 0 Å². The SMILES string of the molecule is CSC1(CNC(C)c2cccc(Br)c2)CCC1. The van der Waals surface area contributed by atoms with Crippen LogP contribution in [0.25, 0.3) is 0 Å². The second kappa shape index (κ2) is 5.77. The van der Waals surface area contributed by atoms with Crippen molar-refractivity contribution in [1.29, 1.82) is 0 Å². The van der Waals surface area contributed by atoms with E-state index in [0.717, 1.165) is 11.0 Å². The van der Waals surface area contributed by atoms with Gasteiger partial charge in [-0.05, 0) is 43.7 Å². The normalized spacial score (nSPS) is 19.7. The number of halogens is 1. The second-order valence-electron chi connectivity index (χ2n) is 4.90. The van der Waals surface area contributed by atoms with Crippen molar-refractivity contribution in [3.8, 4) is 0 Å². The van der Waals surface area contributed by atoms with E-state index in [2.05, 4.69) is 58.7 Å². The Balaban J connectivity index is 1.91. The minimum Gasteiger partial charge on any atom is -0.309 e. The zero-order valence-electron chi connectivity index (χ0n) is 10.5. The summed E-state index contributed by atoms with van der Waals surface area (Å²) in [5.41, 5.74) is 1.36. The molecule has 2 rings (SSSR count). The molecular formula is C14H20BrNS. The standard InChI is InChI=1S/C14H20BrNS/c1-11(12-5-3-6-13(15)9-12)16-10-14(17-2)7-4-8-14/h3,5-6,9,11,16H,4,7-8,10H2,1-2H3. The molecule has 1 aromatic carbocycles. The van der Waals surface area contributed by atoms with E-state index in [1.807, 2.05) is 11.8 Å². The topological polar surface area (TPSA) is 12.0 Å². The molecule has 1 aromatic rings. The van der Waals surface area contributed by atoms with Crippen LogP contribution in [0.3, 0.4) is 0 Å². The Morgan fingerprint density at radius 3 is 2.76 bits per heavy atom. The third-order valence-corrected chi connectivity index (χ3v) is 5.69. The molecule has 17 heavy (non-hydrogen) atoms. The maximum absolute atomic E-state index is 3.68. The van der Waals surface area contributed by atoms with Crippen LogP contribution in [-0.4, -0.2) is 17.5 Å². The first-order valence-electron chi connectivity index (χ1n) is 6.19. The molecule has 1 saturated carbocycles. The maximum Gasteiger partial charge on any atom is 0.0292 e. The summed E-state index contributed by atoms with van der Waals surface area (Å²) in [4.78, 5) is 0. The zero-order chi connectivity index (χ0) is 12.3. The van der Waals surface area contributed by atoms with Crippen LogP contribution in [0.1, 0.15) is 37.8 Å². The van der Waals surface area contributed by atoms with Gasteiger partial charge in [-0.3, -0.25) is 0 Å². The molecule has 0 amide bonds. The fourth-order valence-electron chi connectivity index (χ4n) is 2.26. The Morgan fingerprint density at radius 1 is 1.47 bits per heavy atom. The predicted octanol–water partition coefficient (Wildman–Crippen LogP) is 4.39. The number of thioether (sulfide) groups is 1. The van der Waals surface area contributed by atoms with Crippen LogP contribution in [0.15, 0.2) is 28.7 Å². The lowest BCUT2D eigenvalue weighted by Gasteiger charge is -2.41. The van der Waals surface area contributed by atoms with E-state index in [-0.39, 0.29) is 0 Å². The summed E-state index contributed by atoms with van der Waals surface area (Å²) in [6.45, 7) is 3.37. The maximum atomic E-state index is 3.68. The molecule has 0 aromatic heterocycles. The molecule has 3 heteroatoms. The first-order valence-corrected chi connectivity index (χ1v) is 8.21. The fourth-order valence-corrected chi connectivity index (χ4v) is 3.60. The second-order valence-corrected chi connectivity index (χ2v) is 7.09. The van der Waals surface area contributed by atoms with Crippen molar-refractivity contribution in [2.45, 2.75) is 37.0 Å². The summed E-state index contributed by atoms with van der Waals surface area (Å²) in [5, 5.41) is 3.68. The fraction of sp³-hybridized carbons (Fsp3) is 0.571. The summed E-state index contributed by atoms with van der Waals surface area (Å²) in [6.07, 6.45) is 6.37. The van der Waals surface area contributed by atoms with Gasteiger partial charge in [-0.2, -0.15) is 11.8 Å². The van der Waals surface area contributed by atoms with Crippen LogP contribution in [0, 0.1) is 0 Å². The molecular weight excluding hydrogens is 294 g/mol. The molecule has 0 spiro atoms. The number of hydrogen-bond donors (Lipinski definition) is 1. The lowest BCUT2D eigenvalue weighted by Crippen LogP contribution is -2.43. The third-order valence-electron chi connectivity index (χ3n) is 3.78. The predicted molar refractivity (Wildman–Crippen MR) is 80.7 cm³/mol. The van der Waals surface area contributed by atoms with Gasteiger partial charge in [0.15, 0.2) is 0 Å². The quantitative estimate of drug-likeness (QED) is 0.865. The highest BCUT2D eigenvalue weighted by atomic mass is 79.9. The molecule has 0 bridgehead atoms. The third kappa shape index (κ3) is 3.27. The number of benzene rings is 1. The van der Waals surface area contributed by atoms with Gasteiger partial charge in [-0.1, -0.05) is 34.5 Å². The van der Waals surface area contributed by atoms with Gasteiger partial charge < -0.3 is 5.32 Å². The Morgan fingerprint density at radius 2 is 2.24 bits per heavy atom. The lowest BCUT2D eigenvalue weighted by atomic mass is 9.84. The Kier molecular flexibility index (Phi) is 4.56. The molecule has 1 fully saturated rings. The Bertz CT molecular complexity index is 371. The molecule has 0 heterocycles. The minimum absolute atomic E-state index is 0.428. The summed E-state index contributed by atoms with van der Waals surface area (Å²) in [5.74, 6) is 0. The van der Waals surface area contributed by atoms with E-state index >= 15 is 0 Å². The van der Waals surface area contributed by atoms with Crippen LogP contribution in [0.2, 0.25) is 0 Å². The molecule has 1 N–H and O–H groups in total. The van der Waals surface area contributed by atoms with Crippen molar-refractivity contribution in [2.24, 2.45) is 0 Å². The van der Waals surface area contributed by atoms with Gasteiger partial charge in [-0.25, -0.2) is 0 Å². The van der Waals surface area contributed by atoms with E-state index < -0.39 is 0 Å². The van der Waals surface area contributed by atoms with Gasteiger partial charge in [0.05, 0.1) is 0 Å². The largest absolute Gasteiger partial charge is 0.309 e. The van der Waals surface area contributed by atoms with Gasteiger partial charge in [0.25, 0.3) is 0 Å². The molecule has 1 nitrogen and oxygen atoms in total. The summed E-state index contributed by atoms with van der Waals surface area (Å²) < 4.78 is 1.67. The van der Waals surface area contributed by atoms with Crippen LogP contribution in [-0.2, 0) is 0 Å². The monoisotopic (exact) mass is 313 g/mol. The van der Waals surface area contributed by atoms with Crippen molar-refractivity contribution >= 4 is 27.7 Å². The average molecular weight is 314 g/mol. The molecule has 94 valence electrons. The van der Waals surface area contributed by atoms with Gasteiger partial charge in [0.2, 0.25) is 0 Å². The van der Waals surface area contributed by atoms with Crippen LogP contribution in [0.5, 0.6) is 0 Å². The van der Waals surface area contributed by atoms with E-state index in [0.29, 0.717) is 10.8 Å². The van der Waals surface area contributed by atoms with E-state index in [1.165, 1.54) is 24.8 Å². The van der Waals surface area contributed by atoms with Crippen molar-refractivity contribution in [1.82, 2.24) is 5.32 Å². The van der Waals surface area contributed by atoms with Gasteiger partial charge in [0, 0.05) is 21.8 Å². The highest BCUT2D eigenvalue weighted by molar-refractivity contribution is 9.10. The smallest absolute Gasteiger partial charge is 0.0292 e. The van der Waals surface area contributed by atoms with Crippen molar-refractivity contribution < 1.29 is 0 Å². The lowest BCUT2D eigenvalue weighted by molar-refractivity contribution is 0.334. The molecule has 1 unspecified atom stereocenters. The number of rotatable bonds is 5. The molecule has 0 radical (unpaired) electrons. The summed E-state index contributed by atoms with van der Waals surface area (Å²) in [6, 6.07) is 8.99. The van der Waals surface area contributed by atoms with Crippen molar-refractivity contribution in [2.75, 3.05) is 12.8 Å². The first-order chi connectivity index (χ1) is 8.15. The van der Waals surface area contributed by atoms with Crippen molar-refractivity contribution in [3.05, 3.63) is 34.3 Å². The van der Waals surface area contributed by atoms with Gasteiger partial charge in [-0.15, -0.1) is 0 Å². The molecule has 1 aliphatic carbocycles. The highest BCUT2D eigenvalue weighted by Crippen LogP contribution is 2.42. The van der Waals surface area contributed by atoms with E-state index in [4.69, 9.17) is 0 Å². The molecule has 0 saturated heterocycles. The van der Waals surface area contributed by atoms with Crippen LogP contribution < -0.4 is 5.32 Å². The summed E-state index contributed by atoms with van der Waals surface area (Å²) in [7, 11) is 0. The Hall–Kier alpha value is 0.01000. The molecule has 1 aliphatic rings. The highest BCUT2D eigenvalue weighted by Gasteiger charge is 2.35. The van der Waals surface area contributed by atoms with Crippen LogP contribution >= 0.6 is 27.7 Å². The zero-order valence-corrected chi connectivity index (χ0v) is 12.9. The van der Waals surface area contributed by atoms with Gasteiger partial charge in [0.1, 0.15) is 0 Å². The van der Waals surface area contributed by atoms with Crippen molar-refractivity contribution in [3.63, 3.8) is 0 Å². The molecule has 1 atom stereocenters. The van der Waals surface area contributed by atoms with E-state index in [1.54, 1.807) is 0 Å². The minimum atomic E-state index is 0.428. The Labute approximate surface area is 117 Å². The van der Waals surface area contributed by atoms with Crippen LogP contribution in [0.4, 0.5) is 0 Å². The average Bonchev–Trinajstić information content (AvgIpc) is 2.28. The first kappa shape index (κ1) is 13.4. The number of hydrogen-bond acceptors (Lipinski definition) is 2.